The minimum Gasteiger partial charge on any atom is -0.497 e. The molecule has 3 rings (SSSR count). The van der Waals surface area contributed by atoms with Crippen LogP contribution in [0.3, 0.4) is 0 Å². The van der Waals surface area contributed by atoms with E-state index >= 15 is 0 Å². The molecule has 0 aliphatic heterocycles. The summed E-state index contributed by atoms with van der Waals surface area (Å²) in [5.41, 5.74) is 2.60. The van der Waals surface area contributed by atoms with Crippen LogP contribution in [-0.4, -0.2) is 14.2 Å². The maximum Gasteiger partial charge on any atom is 0.118 e. The van der Waals surface area contributed by atoms with Gasteiger partial charge in [0, 0.05) is 0 Å². The predicted octanol–water partition coefficient (Wildman–Crippen LogP) is 8.50. The van der Waals surface area contributed by atoms with Crippen LogP contribution in [0.5, 0.6) is 11.5 Å². The first-order valence-electron chi connectivity index (χ1n) is 11.2. The predicted molar refractivity (Wildman–Crippen MR) is 133 cm³/mol. The zero-order chi connectivity index (χ0) is 21.5. The maximum absolute atomic E-state index is 5.42. The van der Waals surface area contributed by atoms with Gasteiger partial charge in [-0.25, -0.2) is 0 Å². The molecule has 0 unspecified atom stereocenters. The minimum atomic E-state index is -0.208. The van der Waals surface area contributed by atoms with Gasteiger partial charge in [-0.3, -0.25) is 0 Å². The van der Waals surface area contributed by atoms with E-state index in [4.69, 9.17) is 9.47 Å². The van der Waals surface area contributed by atoms with E-state index in [1.54, 1.807) is 14.2 Å². The van der Waals surface area contributed by atoms with Gasteiger partial charge in [0.2, 0.25) is 0 Å². The van der Waals surface area contributed by atoms with Crippen LogP contribution in [0.4, 0.5) is 0 Å². The molecule has 0 amide bonds. The summed E-state index contributed by atoms with van der Waals surface area (Å²) in [7, 11) is 3.45. The molecule has 1 saturated carbocycles. The number of rotatable bonds is 4. The third-order valence-electron chi connectivity index (χ3n) is 6.52. The van der Waals surface area contributed by atoms with Crippen LogP contribution >= 0.6 is 31.9 Å². The second kappa shape index (κ2) is 11.0. The highest BCUT2D eigenvalue weighted by Gasteiger charge is 2.49. The molecule has 1 aliphatic carbocycles. The van der Waals surface area contributed by atoms with Crippen LogP contribution in [0, 0.1) is 0 Å². The van der Waals surface area contributed by atoms with Crippen LogP contribution < -0.4 is 9.47 Å². The van der Waals surface area contributed by atoms with Crippen molar-refractivity contribution in [1.82, 2.24) is 0 Å². The van der Waals surface area contributed by atoms with Gasteiger partial charge in [0.25, 0.3) is 0 Å². The van der Waals surface area contributed by atoms with E-state index in [0.29, 0.717) is 0 Å². The van der Waals surface area contributed by atoms with Crippen molar-refractivity contribution < 1.29 is 9.47 Å². The Morgan fingerprint density at radius 2 is 0.833 bits per heavy atom. The third-order valence-corrected chi connectivity index (χ3v) is 10.1. The highest BCUT2D eigenvalue weighted by Crippen LogP contribution is 2.59. The van der Waals surface area contributed by atoms with Crippen LogP contribution in [-0.2, 0) is 8.65 Å². The normalized spacial score (nSPS) is 26.3. The smallest absolute Gasteiger partial charge is 0.118 e. The summed E-state index contributed by atoms with van der Waals surface area (Å²) in [4.78, 5) is 0. The van der Waals surface area contributed by atoms with E-state index in [1.807, 2.05) is 0 Å². The monoisotopic (exact) mass is 536 g/mol. The quantitative estimate of drug-likeness (QED) is 0.364. The Labute approximate surface area is 199 Å². The first-order chi connectivity index (χ1) is 14.5. The average Bonchev–Trinajstić information content (AvgIpc) is 2.79. The summed E-state index contributed by atoms with van der Waals surface area (Å²) in [6, 6.07) is 17.2. The van der Waals surface area contributed by atoms with Crippen molar-refractivity contribution in [2.45, 2.75) is 72.9 Å². The second-order valence-corrected chi connectivity index (χ2v) is 11.1. The average molecular weight is 538 g/mol. The van der Waals surface area contributed by atoms with Crippen molar-refractivity contribution in [2.24, 2.45) is 0 Å². The number of alkyl halides is 2. The van der Waals surface area contributed by atoms with Crippen molar-refractivity contribution in [3.8, 4) is 11.5 Å². The molecular formula is C26H34Br2O2. The molecule has 164 valence electrons. The van der Waals surface area contributed by atoms with Crippen molar-refractivity contribution in [3.05, 3.63) is 59.7 Å². The van der Waals surface area contributed by atoms with E-state index in [1.165, 1.54) is 62.5 Å². The highest BCUT2D eigenvalue weighted by molar-refractivity contribution is 9.12. The van der Waals surface area contributed by atoms with Crippen molar-refractivity contribution in [3.63, 3.8) is 0 Å². The van der Waals surface area contributed by atoms with Crippen LogP contribution in [0.1, 0.15) is 75.3 Å². The minimum absolute atomic E-state index is 0.208. The summed E-state index contributed by atoms with van der Waals surface area (Å²) >= 11 is 8.63. The summed E-state index contributed by atoms with van der Waals surface area (Å²) in [5.74, 6) is 1.79. The fraction of sp³-hybridized carbons (Fsp3) is 0.538. The lowest BCUT2D eigenvalue weighted by atomic mass is 9.75. The fourth-order valence-electron chi connectivity index (χ4n) is 4.65. The van der Waals surface area contributed by atoms with E-state index in [9.17, 15) is 0 Å². The standard InChI is InChI=1S/C26H34Br2O2/c1-29-23-15-11-21(12-16-23)25(27)19-9-7-5-3-4-6-8-10-20-26(25,28)22-13-17-24(30-2)18-14-22/h11-18H,3-10,19-20H2,1-2H3/t25-,26-/m1/s1. The zero-order valence-electron chi connectivity index (χ0n) is 18.3. The number of benzene rings is 2. The van der Waals surface area contributed by atoms with Gasteiger partial charge in [0.1, 0.15) is 11.5 Å². The molecule has 0 spiro atoms. The van der Waals surface area contributed by atoms with E-state index in [-0.39, 0.29) is 8.65 Å². The number of methoxy groups -OCH3 is 2. The Morgan fingerprint density at radius 3 is 1.13 bits per heavy atom. The summed E-state index contributed by atoms with van der Waals surface area (Å²) < 4.78 is 10.4. The number of hydrogen-bond donors (Lipinski definition) is 0. The van der Waals surface area contributed by atoms with Crippen molar-refractivity contribution in [2.75, 3.05) is 14.2 Å². The molecule has 1 fully saturated rings. The van der Waals surface area contributed by atoms with Gasteiger partial charge in [-0.2, -0.15) is 0 Å². The topological polar surface area (TPSA) is 18.5 Å². The molecule has 2 nitrogen and oxygen atoms in total. The number of hydrogen-bond acceptors (Lipinski definition) is 2. The van der Waals surface area contributed by atoms with Crippen LogP contribution in [0.25, 0.3) is 0 Å². The molecule has 0 aromatic heterocycles. The summed E-state index contributed by atoms with van der Waals surface area (Å²) in [6.07, 6.45) is 12.6. The first kappa shape index (κ1) is 23.7. The lowest BCUT2D eigenvalue weighted by Gasteiger charge is -2.45. The molecule has 0 N–H and O–H groups in total. The summed E-state index contributed by atoms with van der Waals surface area (Å²) in [6.45, 7) is 0. The molecule has 1 aliphatic rings. The Morgan fingerprint density at radius 1 is 0.533 bits per heavy atom. The Bertz CT molecular complexity index is 707. The molecule has 2 atom stereocenters. The zero-order valence-corrected chi connectivity index (χ0v) is 21.4. The van der Waals surface area contributed by atoms with E-state index in [2.05, 4.69) is 80.4 Å². The molecular weight excluding hydrogens is 504 g/mol. The van der Waals surface area contributed by atoms with Gasteiger partial charge in [-0.05, 0) is 48.2 Å². The molecule has 0 heterocycles. The summed E-state index contributed by atoms with van der Waals surface area (Å²) in [5, 5.41) is 0. The van der Waals surface area contributed by atoms with Crippen molar-refractivity contribution in [1.29, 1.82) is 0 Å². The SMILES string of the molecule is COc1ccc([C@]2(Br)CCCCCCCCCC[C@@]2(Br)c2ccc(OC)cc2)cc1. The molecule has 4 heteroatoms. The Kier molecular flexibility index (Phi) is 8.71. The Balaban J connectivity index is 2.06. The number of ether oxygens (including phenoxy) is 2. The van der Waals surface area contributed by atoms with Crippen LogP contribution in [0.2, 0.25) is 0 Å². The molecule has 30 heavy (non-hydrogen) atoms. The molecule has 0 saturated heterocycles. The second-order valence-electron chi connectivity index (χ2n) is 8.39. The van der Waals surface area contributed by atoms with Gasteiger partial charge in [-0.1, -0.05) is 107 Å². The third kappa shape index (κ3) is 5.24. The van der Waals surface area contributed by atoms with Gasteiger partial charge < -0.3 is 9.47 Å². The van der Waals surface area contributed by atoms with Crippen LogP contribution in [0.15, 0.2) is 48.5 Å². The van der Waals surface area contributed by atoms with E-state index < -0.39 is 0 Å². The van der Waals surface area contributed by atoms with Crippen molar-refractivity contribution >= 4 is 31.9 Å². The maximum atomic E-state index is 5.42. The lowest BCUT2D eigenvalue weighted by Crippen LogP contribution is -2.40. The fourth-order valence-corrected chi connectivity index (χ4v) is 6.59. The van der Waals surface area contributed by atoms with Gasteiger partial charge in [-0.15, -0.1) is 0 Å². The molecule has 0 radical (unpaired) electrons. The van der Waals surface area contributed by atoms with Gasteiger partial charge in [0.05, 0.1) is 22.9 Å². The number of halogens is 2. The first-order valence-corrected chi connectivity index (χ1v) is 12.8. The Hall–Kier alpha value is -1.00. The van der Waals surface area contributed by atoms with Gasteiger partial charge in [0.15, 0.2) is 0 Å². The largest absolute Gasteiger partial charge is 0.497 e. The molecule has 0 bridgehead atoms. The molecule has 2 aromatic carbocycles. The van der Waals surface area contributed by atoms with E-state index in [0.717, 1.165) is 24.3 Å². The van der Waals surface area contributed by atoms with Gasteiger partial charge >= 0.3 is 0 Å². The highest BCUT2D eigenvalue weighted by atomic mass is 79.9. The lowest BCUT2D eigenvalue weighted by molar-refractivity contribution is 0.370. The molecule has 2 aromatic rings.